The van der Waals surface area contributed by atoms with E-state index in [0.717, 1.165) is 17.7 Å². The third kappa shape index (κ3) is 2.24. The molecule has 1 N–H and O–H groups in total. The van der Waals surface area contributed by atoms with Crippen molar-refractivity contribution in [3.05, 3.63) is 89.5 Å². The van der Waals surface area contributed by atoms with Gasteiger partial charge in [0.05, 0.1) is 12.0 Å². The Morgan fingerprint density at radius 2 is 1.85 bits per heavy atom. The Balaban J connectivity index is 1.65. The summed E-state index contributed by atoms with van der Waals surface area (Å²) in [7, 11) is 0. The first-order chi connectivity index (χ1) is 12.7. The van der Waals surface area contributed by atoms with Gasteiger partial charge in [0, 0.05) is 11.6 Å². The smallest absolute Gasteiger partial charge is 0.0715 e. The van der Waals surface area contributed by atoms with Gasteiger partial charge in [-0.2, -0.15) is 0 Å². The average molecular weight is 340 g/mol. The molecular weight excluding hydrogens is 322 g/mol. The molecule has 0 spiro atoms. The zero-order valence-electron chi connectivity index (χ0n) is 14.2. The molecule has 3 aromatic carbocycles. The van der Waals surface area contributed by atoms with E-state index >= 15 is 0 Å². The van der Waals surface area contributed by atoms with Gasteiger partial charge in [-0.05, 0) is 51.9 Å². The van der Waals surface area contributed by atoms with Gasteiger partial charge in [-0.1, -0.05) is 60.7 Å². The molecule has 2 aliphatic rings. The summed E-state index contributed by atoms with van der Waals surface area (Å²) >= 11 is 0. The summed E-state index contributed by atoms with van der Waals surface area (Å²) in [5.74, 6) is -0.512. The van der Waals surface area contributed by atoms with Gasteiger partial charge >= 0.3 is 0 Å². The van der Waals surface area contributed by atoms with Crippen LogP contribution in [0.25, 0.3) is 10.8 Å². The third-order valence-corrected chi connectivity index (χ3v) is 5.76. The molecule has 3 heteroatoms. The van der Waals surface area contributed by atoms with Crippen LogP contribution in [0.4, 0.5) is 5.69 Å². The van der Waals surface area contributed by atoms with Crippen LogP contribution in [-0.2, 0) is 0 Å². The molecule has 0 radical (unpaired) electrons. The summed E-state index contributed by atoms with van der Waals surface area (Å²) in [5.41, 5.74) is 3.62. The normalized spacial score (nSPS) is 23.3. The van der Waals surface area contributed by atoms with E-state index in [0.29, 0.717) is 5.92 Å². The molecule has 0 saturated carbocycles. The van der Waals surface area contributed by atoms with Gasteiger partial charge in [0.1, 0.15) is 0 Å². The molecule has 3 atom stereocenters. The number of nitrogens with one attached hydrogen (secondary N) is 1. The lowest BCUT2D eigenvalue weighted by Gasteiger charge is -2.38. The SMILES string of the molecule is O=C([O-])c1ccc2c(c1)[C@H]1C=CC[C@H]1[C@H](c1cccc3ccccc13)N2. The van der Waals surface area contributed by atoms with Crippen molar-refractivity contribution in [1.29, 1.82) is 0 Å². The molecule has 1 aliphatic carbocycles. The second-order valence-electron chi connectivity index (χ2n) is 7.13. The van der Waals surface area contributed by atoms with Gasteiger partial charge in [-0.25, -0.2) is 0 Å². The van der Waals surface area contributed by atoms with Crippen LogP contribution in [0.3, 0.4) is 0 Å². The molecule has 26 heavy (non-hydrogen) atoms. The van der Waals surface area contributed by atoms with Crippen LogP contribution >= 0.6 is 0 Å². The maximum atomic E-state index is 11.3. The minimum absolute atomic E-state index is 0.197. The van der Waals surface area contributed by atoms with Gasteiger partial charge in [-0.15, -0.1) is 0 Å². The highest BCUT2D eigenvalue weighted by molar-refractivity contribution is 5.88. The number of fused-ring (bicyclic) bond motifs is 4. The number of carbonyl (C=O) groups is 1. The fourth-order valence-corrected chi connectivity index (χ4v) is 4.55. The van der Waals surface area contributed by atoms with E-state index in [1.165, 1.54) is 16.3 Å². The van der Waals surface area contributed by atoms with Crippen LogP contribution in [0, 0.1) is 5.92 Å². The Morgan fingerprint density at radius 1 is 1.00 bits per heavy atom. The second kappa shape index (κ2) is 5.73. The Kier molecular flexibility index (Phi) is 3.35. The van der Waals surface area contributed by atoms with E-state index in [1.54, 1.807) is 12.1 Å². The first-order valence-electron chi connectivity index (χ1n) is 8.98. The highest BCUT2D eigenvalue weighted by atomic mass is 16.4. The number of carboxylic acid groups (broad SMARTS) is 1. The Labute approximate surface area is 152 Å². The highest BCUT2D eigenvalue weighted by Crippen LogP contribution is 2.50. The fraction of sp³-hybridized carbons (Fsp3) is 0.174. The molecule has 0 unspecified atom stereocenters. The predicted octanol–water partition coefficient (Wildman–Crippen LogP) is 4.03. The second-order valence-corrected chi connectivity index (χ2v) is 7.13. The molecule has 0 amide bonds. The van der Waals surface area contributed by atoms with Crippen molar-refractivity contribution in [1.82, 2.24) is 0 Å². The molecule has 3 aromatic rings. The number of carboxylic acids is 1. The minimum atomic E-state index is -1.12. The zero-order valence-corrected chi connectivity index (χ0v) is 14.2. The van der Waals surface area contributed by atoms with Crippen LogP contribution < -0.4 is 10.4 Å². The van der Waals surface area contributed by atoms with E-state index < -0.39 is 5.97 Å². The number of aromatic carboxylic acids is 1. The Hall–Kier alpha value is -3.07. The molecule has 0 fully saturated rings. The number of carbonyl (C=O) groups excluding carboxylic acids is 1. The van der Waals surface area contributed by atoms with Gasteiger partial charge < -0.3 is 15.2 Å². The average Bonchev–Trinajstić information content (AvgIpc) is 3.16. The standard InChI is InChI=1S/C23H19NO2/c25-23(26)15-11-12-21-20(13-15)17-8-4-10-19(17)22(24-21)18-9-3-6-14-5-1-2-7-16(14)18/h1-9,11-13,17,19,22,24H,10H2,(H,25,26)/p-1/t17-,19+,22-/m0/s1. The number of allylic oxidation sites excluding steroid dienone is 2. The maximum Gasteiger partial charge on any atom is 0.0715 e. The number of benzene rings is 3. The molecule has 5 rings (SSSR count). The molecule has 1 aliphatic heterocycles. The minimum Gasteiger partial charge on any atom is -0.545 e. The highest BCUT2D eigenvalue weighted by Gasteiger charge is 2.38. The van der Waals surface area contributed by atoms with Crippen molar-refractivity contribution < 1.29 is 9.90 Å². The van der Waals surface area contributed by atoms with E-state index in [-0.39, 0.29) is 17.5 Å². The van der Waals surface area contributed by atoms with E-state index in [1.807, 2.05) is 6.07 Å². The topological polar surface area (TPSA) is 52.2 Å². The summed E-state index contributed by atoms with van der Waals surface area (Å²) in [6, 6.07) is 20.4. The lowest BCUT2D eigenvalue weighted by atomic mass is 9.76. The molecule has 3 nitrogen and oxygen atoms in total. The van der Waals surface area contributed by atoms with Crippen molar-refractivity contribution in [2.45, 2.75) is 18.4 Å². The first kappa shape index (κ1) is 15.2. The molecule has 1 heterocycles. The van der Waals surface area contributed by atoms with Gasteiger partial charge in [0.2, 0.25) is 0 Å². The summed E-state index contributed by atoms with van der Waals surface area (Å²) < 4.78 is 0. The fourth-order valence-electron chi connectivity index (χ4n) is 4.55. The molecule has 128 valence electrons. The van der Waals surface area contributed by atoms with E-state index in [4.69, 9.17) is 0 Å². The summed E-state index contributed by atoms with van der Waals surface area (Å²) in [6.07, 6.45) is 5.43. The van der Waals surface area contributed by atoms with Gasteiger partial charge in [0.25, 0.3) is 0 Å². The third-order valence-electron chi connectivity index (χ3n) is 5.76. The van der Waals surface area contributed by atoms with Crippen LogP contribution in [0.2, 0.25) is 0 Å². The van der Waals surface area contributed by atoms with Crippen molar-refractivity contribution in [3.8, 4) is 0 Å². The van der Waals surface area contributed by atoms with Gasteiger partial charge in [-0.3, -0.25) is 0 Å². The molecule has 0 bridgehead atoms. The zero-order chi connectivity index (χ0) is 17.7. The van der Waals surface area contributed by atoms with Crippen LogP contribution in [-0.4, -0.2) is 5.97 Å². The first-order valence-corrected chi connectivity index (χ1v) is 8.98. The summed E-state index contributed by atoms with van der Waals surface area (Å²) in [4.78, 5) is 11.3. The van der Waals surface area contributed by atoms with Gasteiger partial charge in [0.15, 0.2) is 0 Å². The quantitative estimate of drug-likeness (QED) is 0.717. The van der Waals surface area contributed by atoms with Crippen molar-refractivity contribution in [3.63, 3.8) is 0 Å². The molecule has 0 saturated heterocycles. The predicted molar refractivity (Wildman–Crippen MR) is 101 cm³/mol. The number of hydrogen-bond acceptors (Lipinski definition) is 3. The van der Waals surface area contributed by atoms with E-state index in [2.05, 4.69) is 59.9 Å². The number of hydrogen-bond donors (Lipinski definition) is 1. The molecule has 0 aromatic heterocycles. The van der Waals surface area contributed by atoms with Crippen LogP contribution in [0.1, 0.15) is 39.9 Å². The Morgan fingerprint density at radius 3 is 2.73 bits per heavy atom. The lowest BCUT2D eigenvalue weighted by Crippen LogP contribution is -2.30. The van der Waals surface area contributed by atoms with Crippen molar-refractivity contribution in [2.75, 3.05) is 5.32 Å². The van der Waals surface area contributed by atoms with Crippen molar-refractivity contribution >= 4 is 22.4 Å². The largest absolute Gasteiger partial charge is 0.545 e. The summed E-state index contributed by atoms with van der Waals surface area (Å²) in [6.45, 7) is 0. The number of anilines is 1. The van der Waals surface area contributed by atoms with Crippen LogP contribution in [0.5, 0.6) is 0 Å². The lowest BCUT2D eigenvalue weighted by molar-refractivity contribution is -0.255. The molecular formula is C23H18NO2-. The Bertz CT molecular complexity index is 1050. The maximum absolute atomic E-state index is 11.3. The monoisotopic (exact) mass is 340 g/mol. The van der Waals surface area contributed by atoms with Crippen LogP contribution in [0.15, 0.2) is 72.8 Å². The van der Waals surface area contributed by atoms with Crippen molar-refractivity contribution in [2.24, 2.45) is 5.92 Å². The summed E-state index contributed by atoms with van der Waals surface area (Å²) in [5, 5.41) is 17.5. The number of rotatable bonds is 2. The van der Waals surface area contributed by atoms with E-state index in [9.17, 15) is 9.90 Å².